The van der Waals surface area contributed by atoms with Crippen molar-refractivity contribution in [2.24, 2.45) is 0 Å². The van der Waals surface area contributed by atoms with Crippen LogP contribution in [-0.4, -0.2) is 47.2 Å². The predicted molar refractivity (Wildman–Crippen MR) is 66.3 cm³/mol. The van der Waals surface area contributed by atoms with E-state index in [0.29, 0.717) is 5.69 Å². The van der Waals surface area contributed by atoms with Crippen molar-refractivity contribution in [2.75, 3.05) is 18.9 Å². The lowest BCUT2D eigenvalue weighted by molar-refractivity contribution is -0.121. The number of aromatic nitrogens is 2. The number of nitrogens with zero attached hydrogens (tertiary/aromatic N) is 2. The van der Waals surface area contributed by atoms with Crippen molar-refractivity contribution in [3.63, 3.8) is 0 Å². The molecule has 1 fully saturated rings. The topological polar surface area (TPSA) is 88.0 Å². The first-order valence-electron chi connectivity index (χ1n) is 6.05. The average molecular weight is 287 g/mol. The van der Waals surface area contributed by atoms with Gasteiger partial charge in [0.05, 0.1) is 24.5 Å². The third-order valence-corrected chi connectivity index (χ3v) is 2.91. The Kier molecular flexibility index (Phi) is 3.98. The van der Waals surface area contributed by atoms with E-state index in [0.717, 1.165) is 0 Å². The van der Waals surface area contributed by atoms with Gasteiger partial charge in [0, 0.05) is 19.7 Å². The number of carbonyl (C=O) groups excluding carboxylic acids is 2. The Balaban J connectivity index is 1.90. The highest BCUT2D eigenvalue weighted by molar-refractivity contribution is 5.95. The molecule has 0 radical (unpaired) electrons. The predicted octanol–water partition coefficient (Wildman–Crippen LogP) is -0.435. The first kappa shape index (κ1) is 14.4. The summed E-state index contributed by atoms with van der Waals surface area (Å²) < 4.78 is 27.3. The molecule has 1 aromatic rings. The van der Waals surface area contributed by atoms with Crippen LogP contribution in [0.2, 0.25) is 0 Å². The van der Waals surface area contributed by atoms with Crippen LogP contribution < -0.4 is 16.0 Å². The van der Waals surface area contributed by atoms with E-state index >= 15 is 0 Å². The molecule has 9 heteroatoms. The maximum atomic E-state index is 13.0. The second kappa shape index (κ2) is 5.53. The molecule has 0 spiro atoms. The number of hydrogen-bond acceptors (Lipinski definition) is 4. The van der Waals surface area contributed by atoms with Crippen LogP contribution in [0.1, 0.15) is 6.42 Å². The Morgan fingerprint density at radius 2 is 2.35 bits per heavy atom. The first-order valence-corrected chi connectivity index (χ1v) is 6.05. The van der Waals surface area contributed by atoms with E-state index in [1.165, 1.54) is 24.1 Å². The summed E-state index contributed by atoms with van der Waals surface area (Å²) >= 11 is 0. The highest BCUT2D eigenvalue weighted by Gasteiger charge is 2.42. The minimum absolute atomic E-state index is 0.0200. The van der Waals surface area contributed by atoms with E-state index in [1.54, 1.807) is 0 Å². The van der Waals surface area contributed by atoms with Gasteiger partial charge in [0.25, 0.3) is 5.92 Å². The van der Waals surface area contributed by atoms with Crippen LogP contribution in [0.4, 0.5) is 14.5 Å². The molecule has 0 aliphatic carbocycles. The lowest BCUT2D eigenvalue weighted by atomic mass is 10.2. The van der Waals surface area contributed by atoms with Gasteiger partial charge < -0.3 is 10.6 Å². The van der Waals surface area contributed by atoms with Crippen molar-refractivity contribution in [2.45, 2.75) is 24.9 Å². The summed E-state index contributed by atoms with van der Waals surface area (Å²) in [6.07, 6.45) is 2.29. The third-order valence-electron chi connectivity index (χ3n) is 2.91. The number of amides is 2. The summed E-state index contributed by atoms with van der Waals surface area (Å²) in [5.41, 5.74) is 0.357. The first-order chi connectivity index (χ1) is 9.39. The Morgan fingerprint density at radius 1 is 1.60 bits per heavy atom. The highest BCUT2D eigenvalue weighted by atomic mass is 19.3. The van der Waals surface area contributed by atoms with Crippen molar-refractivity contribution >= 4 is 17.5 Å². The maximum Gasteiger partial charge on any atom is 0.262 e. The van der Waals surface area contributed by atoms with Crippen molar-refractivity contribution in [3.8, 4) is 0 Å². The highest BCUT2D eigenvalue weighted by Crippen LogP contribution is 2.25. The Labute approximate surface area is 113 Å². The van der Waals surface area contributed by atoms with Gasteiger partial charge in [-0.25, -0.2) is 8.78 Å². The van der Waals surface area contributed by atoms with Gasteiger partial charge in [-0.2, -0.15) is 5.10 Å². The fraction of sp³-hybridized carbons (Fsp3) is 0.545. The molecule has 0 bridgehead atoms. The van der Waals surface area contributed by atoms with Gasteiger partial charge in [0.15, 0.2) is 0 Å². The molecule has 7 nitrogen and oxygen atoms in total. The quantitative estimate of drug-likeness (QED) is 0.701. The summed E-state index contributed by atoms with van der Waals surface area (Å²) in [6.45, 7) is -0.479. The fourth-order valence-corrected chi connectivity index (χ4v) is 1.87. The average Bonchev–Trinajstić information content (AvgIpc) is 2.95. The second-order valence-corrected chi connectivity index (χ2v) is 4.58. The Bertz CT molecular complexity index is 517. The lowest BCUT2D eigenvalue weighted by Crippen LogP contribution is -2.35. The molecule has 3 N–H and O–H groups in total. The zero-order chi connectivity index (χ0) is 14.8. The van der Waals surface area contributed by atoms with E-state index in [4.69, 9.17) is 0 Å². The number of hydrogen-bond donors (Lipinski definition) is 3. The summed E-state index contributed by atoms with van der Waals surface area (Å²) in [4.78, 5) is 22.9. The number of likely N-dealkylation sites (N-methyl/N-ethyl adjacent to an activating group) is 1. The lowest BCUT2D eigenvalue weighted by Gasteiger charge is -2.09. The van der Waals surface area contributed by atoms with Gasteiger partial charge in [0.2, 0.25) is 11.8 Å². The van der Waals surface area contributed by atoms with Gasteiger partial charge in [-0.05, 0) is 0 Å². The molecule has 1 aliphatic heterocycles. The molecule has 2 amide bonds. The number of carbonyl (C=O) groups is 2. The molecular formula is C11H15F2N5O2. The minimum atomic E-state index is -2.86. The molecule has 110 valence electrons. The minimum Gasteiger partial charge on any atom is -0.358 e. The van der Waals surface area contributed by atoms with Gasteiger partial charge in [-0.3, -0.25) is 19.6 Å². The summed E-state index contributed by atoms with van der Waals surface area (Å²) in [5.74, 6) is -3.63. The van der Waals surface area contributed by atoms with E-state index in [2.05, 4.69) is 21.0 Å². The van der Waals surface area contributed by atoms with Crippen LogP contribution in [0.15, 0.2) is 12.4 Å². The maximum absolute atomic E-state index is 13.0. The fourth-order valence-electron chi connectivity index (χ4n) is 1.87. The van der Waals surface area contributed by atoms with Gasteiger partial charge >= 0.3 is 0 Å². The Morgan fingerprint density at radius 3 is 2.95 bits per heavy atom. The number of nitrogens with one attached hydrogen (secondary N) is 3. The van der Waals surface area contributed by atoms with E-state index < -0.39 is 30.8 Å². The van der Waals surface area contributed by atoms with Gasteiger partial charge in [0.1, 0.15) is 6.54 Å². The van der Waals surface area contributed by atoms with Crippen LogP contribution in [0, 0.1) is 0 Å². The number of halogens is 2. The Hall–Kier alpha value is -2.03. The van der Waals surface area contributed by atoms with E-state index in [9.17, 15) is 18.4 Å². The number of rotatable bonds is 4. The van der Waals surface area contributed by atoms with E-state index in [1.807, 2.05) is 0 Å². The van der Waals surface area contributed by atoms with Crippen LogP contribution >= 0.6 is 0 Å². The number of alkyl halides is 2. The molecule has 1 unspecified atom stereocenters. The van der Waals surface area contributed by atoms with Crippen molar-refractivity contribution in [1.82, 2.24) is 20.4 Å². The molecule has 2 rings (SSSR count). The smallest absolute Gasteiger partial charge is 0.262 e. The molecule has 2 heterocycles. The summed E-state index contributed by atoms with van der Waals surface area (Å²) in [7, 11) is 1.50. The molecule has 1 saturated heterocycles. The normalized spacial score (nSPS) is 20.6. The molecule has 1 aliphatic rings. The van der Waals surface area contributed by atoms with Crippen LogP contribution in [0.3, 0.4) is 0 Å². The third kappa shape index (κ3) is 3.50. The standard InChI is InChI=1S/C11H15F2N5O2/c1-14-9(19)5-18-4-7(3-16-18)17-10(20)8-2-11(12,13)6-15-8/h3-4,8,15H,2,5-6H2,1H3,(H,14,19)(H,17,20). The molecule has 1 aromatic heterocycles. The largest absolute Gasteiger partial charge is 0.358 e. The zero-order valence-electron chi connectivity index (χ0n) is 10.8. The van der Waals surface area contributed by atoms with Crippen LogP contribution in [0.25, 0.3) is 0 Å². The van der Waals surface area contributed by atoms with Gasteiger partial charge in [-0.1, -0.05) is 0 Å². The summed E-state index contributed by atoms with van der Waals surface area (Å²) in [6, 6.07) is -0.924. The molecule has 20 heavy (non-hydrogen) atoms. The van der Waals surface area contributed by atoms with Crippen molar-refractivity contribution in [3.05, 3.63) is 12.4 Å². The second-order valence-electron chi connectivity index (χ2n) is 4.58. The summed E-state index contributed by atoms with van der Waals surface area (Å²) in [5, 5.41) is 11.3. The molecule has 0 aromatic carbocycles. The van der Waals surface area contributed by atoms with Gasteiger partial charge in [-0.15, -0.1) is 0 Å². The molecular weight excluding hydrogens is 272 g/mol. The van der Waals surface area contributed by atoms with Crippen molar-refractivity contribution in [1.29, 1.82) is 0 Å². The van der Waals surface area contributed by atoms with E-state index in [-0.39, 0.29) is 12.5 Å². The van der Waals surface area contributed by atoms with Crippen LogP contribution in [0.5, 0.6) is 0 Å². The zero-order valence-corrected chi connectivity index (χ0v) is 10.8. The number of anilines is 1. The van der Waals surface area contributed by atoms with Crippen molar-refractivity contribution < 1.29 is 18.4 Å². The molecule has 1 atom stereocenters. The molecule has 0 saturated carbocycles. The SMILES string of the molecule is CNC(=O)Cn1cc(NC(=O)C2CC(F)(F)CN2)cn1. The van der Waals surface area contributed by atoms with Crippen LogP contribution in [-0.2, 0) is 16.1 Å². The monoisotopic (exact) mass is 287 g/mol.